The Balaban J connectivity index is 1.70. The summed E-state index contributed by atoms with van der Waals surface area (Å²) in [5.74, 6) is -0.273. The van der Waals surface area contributed by atoms with Crippen molar-refractivity contribution in [3.63, 3.8) is 0 Å². The number of hydrogen-bond acceptors (Lipinski definition) is 4. The summed E-state index contributed by atoms with van der Waals surface area (Å²) in [7, 11) is 0. The fourth-order valence-electron chi connectivity index (χ4n) is 2.74. The number of amides is 4. The summed E-state index contributed by atoms with van der Waals surface area (Å²) < 4.78 is 0. The highest BCUT2D eigenvalue weighted by Crippen LogP contribution is 2.30. The molecule has 1 atom stereocenters. The van der Waals surface area contributed by atoms with Gasteiger partial charge in [-0.05, 0) is 49.6 Å². The average molecular weight is 380 g/mol. The standard InChI is InChI=1S/C21H24N4O3/c1-2-22-21(28)25-20(27)18(14-6-4-3-5-7-14)23-16-10-12-17(13-11-16)24-19(26)15-8-9-15/h3-7,10-13,15,18,23H,2,8-9H2,1H3,(H,24,26)(H2,22,25,27,28)/t18-/m1/s1. The number of carbonyl (C=O) groups is 3. The third-order valence-electron chi connectivity index (χ3n) is 4.38. The third kappa shape index (κ3) is 5.33. The molecule has 4 amide bonds. The number of carbonyl (C=O) groups excluding carboxylic acids is 3. The van der Waals surface area contributed by atoms with Gasteiger partial charge in [0, 0.05) is 23.8 Å². The van der Waals surface area contributed by atoms with Crippen LogP contribution in [0.3, 0.4) is 0 Å². The predicted octanol–water partition coefficient (Wildman–Crippen LogP) is 3.03. The van der Waals surface area contributed by atoms with E-state index in [4.69, 9.17) is 0 Å². The monoisotopic (exact) mass is 380 g/mol. The number of hydrogen-bond donors (Lipinski definition) is 4. The lowest BCUT2D eigenvalue weighted by molar-refractivity contribution is -0.121. The van der Waals surface area contributed by atoms with Crippen molar-refractivity contribution >= 4 is 29.2 Å². The van der Waals surface area contributed by atoms with Gasteiger partial charge >= 0.3 is 6.03 Å². The minimum Gasteiger partial charge on any atom is -0.370 e. The molecule has 0 unspecified atom stereocenters. The summed E-state index contributed by atoms with van der Waals surface area (Å²) in [6.07, 6.45) is 1.90. The molecule has 0 spiro atoms. The predicted molar refractivity (Wildman–Crippen MR) is 108 cm³/mol. The Morgan fingerprint density at radius 3 is 2.21 bits per heavy atom. The van der Waals surface area contributed by atoms with Gasteiger partial charge < -0.3 is 16.0 Å². The van der Waals surface area contributed by atoms with Crippen LogP contribution in [-0.2, 0) is 9.59 Å². The number of rotatable bonds is 7. The van der Waals surface area contributed by atoms with Crippen LogP contribution in [0.25, 0.3) is 0 Å². The van der Waals surface area contributed by atoms with Gasteiger partial charge in [-0.15, -0.1) is 0 Å². The molecule has 0 aliphatic heterocycles. The first-order valence-corrected chi connectivity index (χ1v) is 9.38. The molecular weight excluding hydrogens is 356 g/mol. The third-order valence-corrected chi connectivity index (χ3v) is 4.38. The Morgan fingerprint density at radius 2 is 1.61 bits per heavy atom. The van der Waals surface area contributed by atoms with E-state index in [1.807, 2.05) is 30.3 Å². The molecule has 1 aliphatic rings. The Morgan fingerprint density at radius 1 is 0.964 bits per heavy atom. The van der Waals surface area contributed by atoms with E-state index in [-0.39, 0.29) is 11.8 Å². The second kappa shape index (κ2) is 9.03. The largest absolute Gasteiger partial charge is 0.370 e. The quantitative estimate of drug-likeness (QED) is 0.593. The molecule has 2 aromatic carbocycles. The zero-order valence-corrected chi connectivity index (χ0v) is 15.7. The van der Waals surface area contributed by atoms with Gasteiger partial charge in [0.1, 0.15) is 6.04 Å². The van der Waals surface area contributed by atoms with Gasteiger partial charge in [0.2, 0.25) is 5.91 Å². The molecule has 4 N–H and O–H groups in total. The molecule has 1 aliphatic carbocycles. The van der Waals surface area contributed by atoms with E-state index < -0.39 is 18.0 Å². The average Bonchev–Trinajstić information content (AvgIpc) is 3.53. The maximum Gasteiger partial charge on any atom is 0.321 e. The second-order valence-electron chi connectivity index (χ2n) is 6.68. The zero-order valence-electron chi connectivity index (χ0n) is 15.7. The maximum atomic E-state index is 12.6. The van der Waals surface area contributed by atoms with Crippen LogP contribution in [0.4, 0.5) is 16.2 Å². The number of anilines is 2. The van der Waals surface area contributed by atoms with Crippen LogP contribution in [0.15, 0.2) is 54.6 Å². The van der Waals surface area contributed by atoms with Crippen molar-refractivity contribution in [3.8, 4) is 0 Å². The van der Waals surface area contributed by atoms with Crippen molar-refractivity contribution in [3.05, 3.63) is 60.2 Å². The lowest BCUT2D eigenvalue weighted by Crippen LogP contribution is -2.43. The van der Waals surface area contributed by atoms with E-state index in [1.54, 1.807) is 31.2 Å². The summed E-state index contributed by atoms with van der Waals surface area (Å²) in [4.78, 5) is 36.2. The summed E-state index contributed by atoms with van der Waals surface area (Å²) >= 11 is 0. The summed E-state index contributed by atoms with van der Waals surface area (Å²) in [6.45, 7) is 2.21. The first-order valence-electron chi connectivity index (χ1n) is 9.38. The van der Waals surface area contributed by atoms with Crippen LogP contribution in [0.1, 0.15) is 31.4 Å². The molecule has 3 rings (SSSR count). The highest BCUT2D eigenvalue weighted by molar-refractivity contribution is 5.99. The highest BCUT2D eigenvalue weighted by Gasteiger charge is 2.29. The molecule has 7 heteroatoms. The Kier molecular flexibility index (Phi) is 6.26. The van der Waals surface area contributed by atoms with E-state index in [0.29, 0.717) is 17.9 Å². The summed E-state index contributed by atoms with van der Waals surface area (Å²) in [6, 6.07) is 15.0. The molecule has 0 radical (unpaired) electrons. The van der Waals surface area contributed by atoms with Gasteiger partial charge in [0.05, 0.1) is 0 Å². The molecule has 146 valence electrons. The Labute approximate surface area is 163 Å². The van der Waals surface area contributed by atoms with E-state index >= 15 is 0 Å². The lowest BCUT2D eigenvalue weighted by Gasteiger charge is -2.20. The summed E-state index contributed by atoms with van der Waals surface area (Å²) in [5.41, 5.74) is 2.14. The van der Waals surface area contributed by atoms with Crippen LogP contribution >= 0.6 is 0 Å². The molecule has 0 heterocycles. The van der Waals surface area contributed by atoms with E-state index in [0.717, 1.165) is 18.4 Å². The number of imide groups is 1. The van der Waals surface area contributed by atoms with Crippen LogP contribution in [0, 0.1) is 5.92 Å². The fraction of sp³-hybridized carbons (Fsp3) is 0.286. The Bertz CT molecular complexity index is 832. The van der Waals surface area contributed by atoms with Crippen LogP contribution in [-0.4, -0.2) is 24.4 Å². The first kappa shape index (κ1) is 19.4. The van der Waals surface area contributed by atoms with Crippen molar-refractivity contribution in [2.24, 2.45) is 5.92 Å². The van der Waals surface area contributed by atoms with Gasteiger partial charge in [0.15, 0.2) is 0 Å². The number of benzene rings is 2. The van der Waals surface area contributed by atoms with Gasteiger partial charge in [-0.1, -0.05) is 30.3 Å². The molecule has 2 aromatic rings. The molecule has 0 bridgehead atoms. The topological polar surface area (TPSA) is 99.3 Å². The Hall–Kier alpha value is -3.35. The van der Waals surface area contributed by atoms with Crippen molar-refractivity contribution in [1.82, 2.24) is 10.6 Å². The van der Waals surface area contributed by atoms with E-state index in [1.165, 1.54) is 0 Å². The molecular formula is C21H24N4O3. The normalized spacial score (nSPS) is 13.9. The molecule has 0 aromatic heterocycles. The van der Waals surface area contributed by atoms with Crippen LogP contribution in [0.5, 0.6) is 0 Å². The van der Waals surface area contributed by atoms with Crippen molar-refractivity contribution < 1.29 is 14.4 Å². The minimum absolute atomic E-state index is 0.0455. The van der Waals surface area contributed by atoms with Gasteiger partial charge in [-0.3, -0.25) is 14.9 Å². The number of urea groups is 1. The lowest BCUT2D eigenvalue weighted by atomic mass is 10.1. The van der Waals surface area contributed by atoms with Gasteiger partial charge in [-0.2, -0.15) is 0 Å². The fourth-order valence-corrected chi connectivity index (χ4v) is 2.74. The smallest absolute Gasteiger partial charge is 0.321 e. The highest BCUT2D eigenvalue weighted by atomic mass is 16.2. The molecule has 0 saturated heterocycles. The van der Waals surface area contributed by atoms with Crippen LogP contribution < -0.4 is 21.3 Å². The van der Waals surface area contributed by atoms with Gasteiger partial charge in [-0.25, -0.2) is 4.79 Å². The van der Waals surface area contributed by atoms with Crippen molar-refractivity contribution in [2.75, 3.05) is 17.2 Å². The van der Waals surface area contributed by atoms with Crippen molar-refractivity contribution in [2.45, 2.75) is 25.8 Å². The maximum absolute atomic E-state index is 12.6. The first-order chi connectivity index (χ1) is 13.6. The zero-order chi connectivity index (χ0) is 19.9. The number of nitrogens with one attached hydrogen (secondary N) is 4. The molecule has 1 fully saturated rings. The molecule has 1 saturated carbocycles. The summed E-state index contributed by atoms with van der Waals surface area (Å²) in [5, 5.41) is 10.9. The molecule has 28 heavy (non-hydrogen) atoms. The van der Waals surface area contributed by atoms with Gasteiger partial charge in [0.25, 0.3) is 5.91 Å². The van der Waals surface area contributed by atoms with E-state index in [2.05, 4.69) is 21.3 Å². The molecule has 7 nitrogen and oxygen atoms in total. The van der Waals surface area contributed by atoms with Crippen molar-refractivity contribution in [1.29, 1.82) is 0 Å². The van der Waals surface area contributed by atoms with Crippen LogP contribution in [0.2, 0.25) is 0 Å². The SMILES string of the molecule is CCNC(=O)NC(=O)[C@H](Nc1ccc(NC(=O)C2CC2)cc1)c1ccccc1. The van der Waals surface area contributed by atoms with E-state index in [9.17, 15) is 14.4 Å². The second-order valence-corrected chi connectivity index (χ2v) is 6.68. The minimum atomic E-state index is -0.740.